The summed E-state index contributed by atoms with van der Waals surface area (Å²) in [5.41, 5.74) is 10.5. The van der Waals surface area contributed by atoms with Crippen LogP contribution in [0, 0.1) is 5.92 Å². The Morgan fingerprint density at radius 2 is 1.65 bits per heavy atom. The number of hydrogen-bond donors (Lipinski definition) is 0. The number of hydrogen-bond acceptors (Lipinski definition) is 0. The molecule has 0 saturated heterocycles. The monoisotopic (exact) mass is 501 g/mol. The van der Waals surface area contributed by atoms with Gasteiger partial charge in [0.25, 0.3) is 0 Å². The topological polar surface area (TPSA) is 0 Å². The third-order valence-corrected chi connectivity index (χ3v) is 9.16. The fourth-order valence-electron chi connectivity index (χ4n) is 4.70. The van der Waals surface area contributed by atoms with Gasteiger partial charge in [0, 0.05) is 0 Å². The van der Waals surface area contributed by atoms with Gasteiger partial charge in [0.15, 0.2) is 0 Å². The first-order chi connectivity index (χ1) is 12.7. The molecule has 0 fully saturated rings. The number of allylic oxidation sites excluding steroid dienone is 1. The Hall–Kier alpha value is -1.73. The molecule has 0 aliphatic heterocycles. The molecule has 3 atom stereocenters. The molecule has 3 aromatic carbocycles. The van der Waals surface area contributed by atoms with Gasteiger partial charge in [-0.2, -0.15) is 0 Å². The molecule has 3 unspecified atom stereocenters. The van der Waals surface area contributed by atoms with E-state index in [0.717, 1.165) is 6.42 Å². The van der Waals surface area contributed by atoms with Crippen LogP contribution in [0.4, 0.5) is 0 Å². The molecule has 0 saturated carbocycles. The second-order valence-electron chi connectivity index (χ2n) is 7.56. The summed E-state index contributed by atoms with van der Waals surface area (Å²) in [6.07, 6.45) is 5.85. The van der Waals surface area contributed by atoms with Crippen molar-refractivity contribution in [2.24, 2.45) is 5.92 Å². The van der Waals surface area contributed by atoms with E-state index in [-0.39, 0.29) is 0 Å². The molecule has 26 heavy (non-hydrogen) atoms. The van der Waals surface area contributed by atoms with Crippen molar-refractivity contribution >= 4 is 6.08 Å². The zero-order chi connectivity index (χ0) is 17.7. The Bertz CT molecular complexity index is 1010. The van der Waals surface area contributed by atoms with E-state index in [4.69, 9.17) is 0 Å². The summed E-state index contributed by atoms with van der Waals surface area (Å²) < 4.78 is 0.667. The van der Waals surface area contributed by atoms with Crippen LogP contribution in [0.25, 0.3) is 17.2 Å². The molecule has 0 heterocycles. The van der Waals surface area contributed by atoms with Crippen LogP contribution in [0.5, 0.6) is 0 Å². The molecule has 0 N–H and O–H groups in total. The molecule has 2 aliphatic rings. The van der Waals surface area contributed by atoms with Crippen LogP contribution in [0.2, 0.25) is 0 Å². The van der Waals surface area contributed by atoms with Crippen molar-refractivity contribution in [1.29, 1.82) is 0 Å². The van der Waals surface area contributed by atoms with E-state index in [1.54, 1.807) is 11.1 Å². The molecule has 1 heteroatoms. The van der Waals surface area contributed by atoms with Crippen LogP contribution in [-0.2, 0) is 30.8 Å². The average molecular weight is 500 g/mol. The summed E-state index contributed by atoms with van der Waals surface area (Å²) in [7, 11) is 0. The van der Waals surface area contributed by atoms with Gasteiger partial charge in [0.05, 0.1) is 0 Å². The van der Waals surface area contributed by atoms with Crippen molar-refractivity contribution in [1.82, 2.24) is 0 Å². The fraction of sp³-hybridized carbons (Fsp3) is 0.200. The number of rotatable bonds is 3. The summed E-state index contributed by atoms with van der Waals surface area (Å²) in [5, 5.41) is 0. The summed E-state index contributed by atoms with van der Waals surface area (Å²) >= 11 is 1.18. The van der Waals surface area contributed by atoms with Gasteiger partial charge in [-0.25, -0.2) is 0 Å². The maximum atomic E-state index is 2.45. The third kappa shape index (κ3) is 2.52. The third-order valence-electron chi connectivity index (χ3n) is 6.15. The summed E-state index contributed by atoms with van der Waals surface area (Å²) in [5.74, 6) is 1.19. The molecular formula is C25H21Hf. The van der Waals surface area contributed by atoms with Gasteiger partial charge in [-0.1, -0.05) is 0 Å². The Morgan fingerprint density at radius 3 is 2.58 bits per heavy atom. The van der Waals surface area contributed by atoms with Crippen molar-refractivity contribution in [2.75, 3.05) is 0 Å². The summed E-state index contributed by atoms with van der Waals surface area (Å²) in [6.45, 7) is 2.45. The predicted molar refractivity (Wildman–Crippen MR) is 105 cm³/mol. The van der Waals surface area contributed by atoms with Gasteiger partial charge in [-0.15, -0.1) is 0 Å². The quantitative estimate of drug-likeness (QED) is 0.290. The van der Waals surface area contributed by atoms with Crippen LogP contribution < -0.4 is 0 Å². The molecule has 0 bridgehead atoms. The van der Waals surface area contributed by atoms with Gasteiger partial charge in [-0.3, -0.25) is 0 Å². The van der Waals surface area contributed by atoms with Crippen molar-refractivity contribution < 1.29 is 24.4 Å². The molecule has 5 rings (SSSR count). The van der Waals surface area contributed by atoms with E-state index in [9.17, 15) is 0 Å². The van der Waals surface area contributed by atoms with Gasteiger partial charge < -0.3 is 0 Å². The van der Waals surface area contributed by atoms with E-state index in [0.29, 0.717) is 15.5 Å². The zero-order valence-electron chi connectivity index (χ0n) is 14.9. The van der Waals surface area contributed by atoms with Crippen LogP contribution in [-0.4, -0.2) is 0 Å². The van der Waals surface area contributed by atoms with Crippen molar-refractivity contribution in [2.45, 2.75) is 22.9 Å². The molecular weight excluding hydrogens is 479 g/mol. The Kier molecular flexibility index (Phi) is 4.09. The van der Waals surface area contributed by atoms with Gasteiger partial charge in [0.2, 0.25) is 0 Å². The van der Waals surface area contributed by atoms with Gasteiger partial charge in [0.1, 0.15) is 0 Å². The number of fused-ring (bicyclic) bond motifs is 4. The van der Waals surface area contributed by atoms with Crippen LogP contribution in [0.15, 0.2) is 72.8 Å². The standard InChI is InChI=1S/C25H21.Hf/c1-17(21-14-13-18-7-2-4-10-22(18)21)15-19-9-6-12-24-23-11-5-3-8-20(23)16-25(19)24;/h2-15,17,21H,16H2,1H3;. The number of benzene rings is 3. The molecule has 2 aliphatic carbocycles. The maximum absolute atomic E-state index is 2.45. The van der Waals surface area contributed by atoms with E-state index < -0.39 is 0 Å². The molecule has 0 aromatic heterocycles. The molecule has 0 amide bonds. The summed E-state index contributed by atoms with van der Waals surface area (Å²) in [6, 6.07) is 24.8. The fourth-order valence-corrected chi connectivity index (χ4v) is 6.42. The normalized spacial score (nSPS) is 18.8. The minimum absolute atomic E-state index is 0.549. The zero-order valence-corrected chi connectivity index (χ0v) is 18.5. The van der Waals surface area contributed by atoms with Crippen LogP contribution in [0.1, 0.15) is 44.3 Å². The minimum atomic E-state index is 0.549. The van der Waals surface area contributed by atoms with Crippen LogP contribution >= 0.6 is 0 Å². The van der Waals surface area contributed by atoms with Crippen molar-refractivity contribution in [3.05, 3.63) is 101 Å². The second-order valence-corrected chi connectivity index (χ2v) is 9.79. The van der Waals surface area contributed by atoms with Crippen molar-refractivity contribution in [3.63, 3.8) is 0 Å². The first kappa shape index (κ1) is 16.4. The molecule has 0 spiro atoms. The van der Waals surface area contributed by atoms with Gasteiger partial charge >= 0.3 is 171 Å². The Morgan fingerprint density at radius 1 is 0.885 bits per heavy atom. The molecule has 0 radical (unpaired) electrons. The average Bonchev–Trinajstić information content (AvgIpc) is 3.28. The Labute approximate surface area is 170 Å². The molecule has 3 aromatic rings. The van der Waals surface area contributed by atoms with Gasteiger partial charge in [-0.05, 0) is 0 Å². The SMILES string of the molecule is CC([CH]([Hf])c1cccc2c1Cc1ccccc1-2)C1C=Cc2ccccc21. The summed E-state index contributed by atoms with van der Waals surface area (Å²) in [4.78, 5) is 0. The first-order valence-corrected chi connectivity index (χ1v) is 11.5. The van der Waals surface area contributed by atoms with Crippen LogP contribution in [0.3, 0.4) is 0 Å². The van der Waals surface area contributed by atoms with E-state index >= 15 is 0 Å². The second kappa shape index (κ2) is 6.46. The van der Waals surface area contributed by atoms with E-state index in [1.807, 2.05) is 0 Å². The molecule has 0 nitrogen and oxygen atoms in total. The van der Waals surface area contributed by atoms with Crippen molar-refractivity contribution in [3.8, 4) is 11.1 Å². The predicted octanol–water partition coefficient (Wildman–Crippen LogP) is 6.29. The molecule has 125 valence electrons. The van der Waals surface area contributed by atoms with E-state index in [2.05, 4.69) is 85.8 Å². The first-order valence-electron chi connectivity index (χ1n) is 9.42. The Balaban J connectivity index is 1.51. The van der Waals surface area contributed by atoms with E-state index in [1.165, 1.54) is 52.2 Å².